The highest BCUT2D eigenvalue weighted by molar-refractivity contribution is 5.91. The zero-order valence-corrected chi connectivity index (χ0v) is 13.4. The molecule has 0 saturated carbocycles. The molecule has 0 atom stereocenters. The number of carbonyl (C=O) groups excluding carboxylic acids is 1. The molecule has 2 aliphatic heterocycles. The van der Waals surface area contributed by atoms with Crippen molar-refractivity contribution >= 4 is 22.6 Å². The van der Waals surface area contributed by atoms with E-state index >= 15 is 0 Å². The van der Waals surface area contributed by atoms with E-state index in [9.17, 15) is 9.18 Å². The molecule has 5 nitrogen and oxygen atoms in total. The lowest BCUT2D eigenvalue weighted by Gasteiger charge is -2.54. The maximum atomic E-state index is 12.9. The number of hydrogen-bond donors (Lipinski definition) is 0. The van der Waals surface area contributed by atoms with Crippen LogP contribution in [0.15, 0.2) is 43.0 Å². The summed E-state index contributed by atoms with van der Waals surface area (Å²) in [5, 5.41) is 1.06. The molecular formula is C18H19FN4O. The molecule has 0 bridgehead atoms. The van der Waals surface area contributed by atoms with Gasteiger partial charge in [0.2, 0.25) is 0 Å². The molecule has 3 heterocycles. The Morgan fingerprint density at radius 2 is 1.88 bits per heavy atom. The summed E-state index contributed by atoms with van der Waals surface area (Å²) in [4.78, 5) is 24.2. The van der Waals surface area contributed by atoms with Crippen molar-refractivity contribution < 1.29 is 9.18 Å². The average molecular weight is 326 g/mol. The predicted octanol–water partition coefficient (Wildman–Crippen LogP) is 2.54. The molecular weight excluding hydrogens is 307 g/mol. The summed E-state index contributed by atoms with van der Waals surface area (Å²) in [6.45, 7) is 6.13. The first-order chi connectivity index (χ1) is 11.6. The first-order valence-electron chi connectivity index (χ1n) is 8.16. The molecule has 1 amide bonds. The second-order valence-corrected chi connectivity index (χ2v) is 6.77. The van der Waals surface area contributed by atoms with Crippen LogP contribution >= 0.6 is 0 Å². The Balaban J connectivity index is 1.46. The Bertz CT molecular complexity index is 800. The molecule has 124 valence electrons. The van der Waals surface area contributed by atoms with E-state index in [4.69, 9.17) is 0 Å². The largest absolute Gasteiger partial charge is 0.356 e. The van der Waals surface area contributed by atoms with Gasteiger partial charge < -0.3 is 9.80 Å². The summed E-state index contributed by atoms with van der Waals surface area (Å²) < 4.78 is 12.9. The second kappa shape index (κ2) is 5.54. The molecule has 6 heteroatoms. The maximum absolute atomic E-state index is 12.9. The van der Waals surface area contributed by atoms with E-state index in [2.05, 4.69) is 21.4 Å². The van der Waals surface area contributed by atoms with Crippen LogP contribution in [-0.2, 0) is 4.79 Å². The van der Waals surface area contributed by atoms with Crippen molar-refractivity contribution in [3.05, 3.63) is 43.0 Å². The predicted molar refractivity (Wildman–Crippen MR) is 90.2 cm³/mol. The molecule has 0 N–H and O–H groups in total. The first-order valence-corrected chi connectivity index (χ1v) is 8.16. The summed E-state index contributed by atoms with van der Waals surface area (Å²) in [7, 11) is 0. The topological polar surface area (TPSA) is 49.3 Å². The SMILES string of the molecule is C=C(F)C(=O)N1CC2(CCN(c3ncnc4ccccc34)CC2)C1. The molecule has 2 saturated heterocycles. The van der Waals surface area contributed by atoms with E-state index in [1.54, 1.807) is 11.2 Å². The van der Waals surface area contributed by atoms with E-state index in [-0.39, 0.29) is 5.41 Å². The molecule has 1 aromatic heterocycles. The Kier molecular flexibility index (Phi) is 3.48. The van der Waals surface area contributed by atoms with E-state index in [1.165, 1.54) is 0 Å². The number of amides is 1. The molecule has 0 unspecified atom stereocenters. The molecule has 2 aromatic rings. The number of aromatic nitrogens is 2. The van der Waals surface area contributed by atoms with Crippen molar-refractivity contribution in [1.29, 1.82) is 0 Å². The minimum atomic E-state index is -0.866. The normalized spacial score (nSPS) is 19.4. The van der Waals surface area contributed by atoms with Gasteiger partial charge >= 0.3 is 0 Å². The molecule has 1 aromatic carbocycles. The quantitative estimate of drug-likeness (QED) is 0.796. The van der Waals surface area contributed by atoms with E-state index in [0.29, 0.717) is 13.1 Å². The standard InChI is InChI=1S/C18H19FN4O/c1-13(19)17(24)23-10-18(11-23)6-8-22(9-7-18)16-14-4-2-3-5-15(14)20-12-21-16/h2-5,12H,1,6-11H2. The fraction of sp³-hybridized carbons (Fsp3) is 0.389. The Morgan fingerprint density at radius 3 is 2.58 bits per heavy atom. The third kappa shape index (κ3) is 2.42. The van der Waals surface area contributed by atoms with Crippen molar-refractivity contribution in [1.82, 2.24) is 14.9 Å². The van der Waals surface area contributed by atoms with Gasteiger partial charge in [-0.1, -0.05) is 18.7 Å². The molecule has 2 fully saturated rings. The van der Waals surface area contributed by atoms with Gasteiger partial charge in [0.1, 0.15) is 12.1 Å². The highest BCUT2D eigenvalue weighted by atomic mass is 19.1. The lowest BCUT2D eigenvalue weighted by molar-refractivity contribution is -0.142. The molecule has 4 rings (SSSR count). The van der Waals surface area contributed by atoms with Crippen LogP contribution in [0.1, 0.15) is 12.8 Å². The highest BCUT2D eigenvalue weighted by Gasteiger charge is 2.47. The molecule has 0 aliphatic carbocycles. The summed E-state index contributed by atoms with van der Waals surface area (Å²) in [6.07, 6.45) is 3.57. The van der Waals surface area contributed by atoms with E-state index in [1.807, 2.05) is 24.3 Å². The Morgan fingerprint density at radius 1 is 1.17 bits per heavy atom. The van der Waals surface area contributed by atoms with Gasteiger partial charge in [-0.25, -0.2) is 14.4 Å². The minimum Gasteiger partial charge on any atom is -0.356 e. The summed E-state index contributed by atoms with van der Waals surface area (Å²) in [5.74, 6) is -0.459. The molecule has 24 heavy (non-hydrogen) atoms. The number of nitrogens with zero attached hydrogens (tertiary/aromatic N) is 4. The van der Waals surface area contributed by atoms with Gasteiger partial charge in [-0.2, -0.15) is 0 Å². The summed E-state index contributed by atoms with van der Waals surface area (Å²) in [5.41, 5.74) is 1.08. The van der Waals surface area contributed by atoms with Crippen molar-refractivity contribution in [3.8, 4) is 0 Å². The number of anilines is 1. The number of likely N-dealkylation sites (tertiary alicyclic amines) is 1. The van der Waals surface area contributed by atoms with Crippen molar-refractivity contribution in [2.75, 3.05) is 31.1 Å². The average Bonchev–Trinajstić information content (AvgIpc) is 2.58. The minimum absolute atomic E-state index is 0.129. The van der Waals surface area contributed by atoms with Gasteiger partial charge in [0.15, 0.2) is 5.83 Å². The van der Waals surface area contributed by atoms with Crippen LogP contribution in [0.5, 0.6) is 0 Å². The number of hydrogen-bond acceptors (Lipinski definition) is 4. The third-order valence-electron chi connectivity index (χ3n) is 5.22. The number of carbonyl (C=O) groups is 1. The molecule has 1 spiro atoms. The van der Waals surface area contributed by atoms with Crippen LogP contribution in [0.3, 0.4) is 0 Å². The van der Waals surface area contributed by atoms with Crippen LogP contribution in [0.25, 0.3) is 10.9 Å². The van der Waals surface area contributed by atoms with Gasteiger partial charge in [0.25, 0.3) is 5.91 Å². The number of para-hydroxylation sites is 1. The van der Waals surface area contributed by atoms with Crippen LogP contribution in [0, 0.1) is 5.41 Å². The number of fused-ring (bicyclic) bond motifs is 1. The zero-order valence-electron chi connectivity index (χ0n) is 13.4. The van der Waals surface area contributed by atoms with Crippen molar-refractivity contribution in [2.45, 2.75) is 12.8 Å². The fourth-order valence-corrected chi connectivity index (χ4v) is 3.83. The van der Waals surface area contributed by atoms with Gasteiger partial charge in [0.05, 0.1) is 5.52 Å². The van der Waals surface area contributed by atoms with Crippen molar-refractivity contribution in [3.63, 3.8) is 0 Å². The van der Waals surface area contributed by atoms with Gasteiger partial charge in [-0.3, -0.25) is 4.79 Å². The van der Waals surface area contributed by atoms with Gasteiger partial charge in [-0.05, 0) is 25.0 Å². The van der Waals surface area contributed by atoms with Crippen LogP contribution < -0.4 is 4.90 Å². The lowest BCUT2D eigenvalue weighted by atomic mass is 9.72. The Hall–Kier alpha value is -2.50. The fourth-order valence-electron chi connectivity index (χ4n) is 3.83. The monoisotopic (exact) mass is 326 g/mol. The number of benzene rings is 1. The molecule has 0 radical (unpaired) electrons. The second-order valence-electron chi connectivity index (χ2n) is 6.77. The van der Waals surface area contributed by atoms with E-state index < -0.39 is 11.7 Å². The number of halogens is 1. The third-order valence-corrected chi connectivity index (χ3v) is 5.22. The van der Waals surface area contributed by atoms with Crippen LogP contribution in [0.2, 0.25) is 0 Å². The van der Waals surface area contributed by atoms with Crippen LogP contribution in [0.4, 0.5) is 10.2 Å². The summed E-state index contributed by atoms with van der Waals surface area (Å²) >= 11 is 0. The molecule has 2 aliphatic rings. The van der Waals surface area contributed by atoms with Crippen LogP contribution in [-0.4, -0.2) is 47.0 Å². The van der Waals surface area contributed by atoms with Gasteiger partial charge in [-0.15, -0.1) is 0 Å². The van der Waals surface area contributed by atoms with E-state index in [0.717, 1.165) is 42.7 Å². The van der Waals surface area contributed by atoms with Gasteiger partial charge in [0, 0.05) is 37.0 Å². The Labute approximate surface area is 139 Å². The maximum Gasteiger partial charge on any atom is 0.282 e. The zero-order chi connectivity index (χ0) is 16.7. The lowest BCUT2D eigenvalue weighted by Crippen LogP contribution is -2.62. The number of rotatable bonds is 2. The highest BCUT2D eigenvalue weighted by Crippen LogP contribution is 2.42. The number of piperidine rings is 1. The smallest absolute Gasteiger partial charge is 0.282 e. The first kappa shape index (κ1) is 15.1. The summed E-state index contributed by atoms with van der Waals surface area (Å²) in [6, 6.07) is 8.01. The van der Waals surface area contributed by atoms with Crippen molar-refractivity contribution in [2.24, 2.45) is 5.41 Å².